The summed E-state index contributed by atoms with van der Waals surface area (Å²) in [6.45, 7) is 0.198. The number of aromatic nitrogens is 2. The summed E-state index contributed by atoms with van der Waals surface area (Å²) in [6.07, 6.45) is 0. The number of rotatable bonds is 5. The third kappa shape index (κ3) is 2.62. The van der Waals surface area contributed by atoms with Crippen LogP contribution in [0.25, 0.3) is 0 Å². The van der Waals surface area contributed by atoms with E-state index in [2.05, 4.69) is 0 Å². The van der Waals surface area contributed by atoms with Gasteiger partial charge >= 0.3 is 5.69 Å². The van der Waals surface area contributed by atoms with E-state index in [0.717, 1.165) is 0 Å². The van der Waals surface area contributed by atoms with Crippen LogP contribution in [0.3, 0.4) is 0 Å². The Bertz CT molecular complexity index is 711. The van der Waals surface area contributed by atoms with Crippen molar-refractivity contribution < 1.29 is 14.3 Å². The number of hydrogen-bond acceptors (Lipinski definition) is 4. The Morgan fingerprint density at radius 2 is 1.71 bits per heavy atom. The van der Waals surface area contributed by atoms with Crippen molar-refractivity contribution in [3.05, 3.63) is 51.7 Å². The van der Waals surface area contributed by atoms with Gasteiger partial charge in [-0.2, -0.15) is 0 Å². The van der Waals surface area contributed by atoms with Crippen molar-refractivity contribution in [1.82, 2.24) is 9.13 Å². The quantitative estimate of drug-likeness (QED) is 0.774. The van der Waals surface area contributed by atoms with E-state index in [0.29, 0.717) is 22.7 Å². The van der Waals surface area contributed by atoms with Gasteiger partial charge < -0.3 is 9.47 Å². The molecule has 0 atom stereocenters. The molecule has 0 spiro atoms. The first-order valence-corrected chi connectivity index (χ1v) is 6.43. The number of methoxy groups -OCH3 is 2. The first-order chi connectivity index (χ1) is 10.0. The second kappa shape index (κ2) is 5.97. The van der Waals surface area contributed by atoms with Crippen LogP contribution in [0.2, 0.25) is 0 Å². The monoisotopic (exact) mass is 290 g/mol. The molecule has 0 aliphatic heterocycles. The zero-order chi connectivity index (χ0) is 15.6. The van der Waals surface area contributed by atoms with Crippen molar-refractivity contribution in [3.8, 4) is 5.75 Å². The molecule has 0 aliphatic carbocycles. The fraction of sp³-hybridized carbons (Fsp3) is 0.333. The number of nitrogens with zero attached hydrogens (tertiary/aromatic N) is 2. The van der Waals surface area contributed by atoms with Gasteiger partial charge in [-0.1, -0.05) is 0 Å². The van der Waals surface area contributed by atoms with Crippen molar-refractivity contribution in [2.24, 2.45) is 14.1 Å². The summed E-state index contributed by atoms with van der Waals surface area (Å²) < 4.78 is 12.9. The third-order valence-corrected chi connectivity index (χ3v) is 3.44. The van der Waals surface area contributed by atoms with Crippen LogP contribution in [0.4, 0.5) is 0 Å². The molecule has 0 saturated carbocycles. The van der Waals surface area contributed by atoms with E-state index in [1.807, 2.05) is 0 Å². The summed E-state index contributed by atoms with van der Waals surface area (Å²) in [5, 5.41) is 0. The van der Waals surface area contributed by atoms with Gasteiger partial charge in [0.1, 0.15) is 11.4 Å². The number of benzene rings is 1. The highest BCUT2D eigenvalue weighted by atomic mass is 16.5. The van der Waals surface area contributed by atoms with E-state index >= 15 is 0 Å². The number of hydrogen-bond donors (Lipinski definition) is 0. The molecular weight excluding hydrogens is 272 g/mol. The second-order valence-electron chi connectivity index (χ2n) is 4.69. The molecule has 21 heavy (non-hydrogen) atoms. The molecule has 6 nitrogen and oxygen atoms in total. The van der Waals surface area contributed by atoms with Crippen molar-refractivity contribution in [2.75, 3.05) is 14.2 Å². The number of imidazole rings is 1. The number of carbonyl (C=O) groups excluding carboxylic acids is 1. The van der Waals surface area contributed by atoms with Gasteiger partial charge in [-0.15, -0.1) is 0 Å². The van der Waals surface area contributed by atoms with Crippen LogP contribution >= 0.6 is 0 Å². The molecule has 0 fully saturated rings. The molecule has 0 bridgehead atoms. The largest absolute Gasteiger partial charge is 0.497 e. The van der Waals surface area contributed by atoms with E-state index in [1.54, 1.807) is 45.5 Å². The average molecular weight is 290 g/mol. The molecule has 2 rings (SSSR count). The number of ketones is 1. The molecule has 0 unspecified atom stereocenters. The van der Waals surface area contributed by atoms with Crippen molar-refractivity contribution in [1.29, 1.82) is 0 Å². The highest BCUT2D eigenvalue weighted by Gasteiger charge is 2.22. The topological polar surface area (TPSA) is 62.5 Å². The lowest BCUT2D eigenvalue weighted by molar-refractivity contribution is 0.102. The van der Waals surface area contributed by atoms with Crippen LogP contribution in [0.15, 0.2) is 29.1 Å². The Labute approximate surface area is 122 Å². The number of ether oxygens (including phenoxy) is 2. The molecule has 6 heteroatoms. The van der Waals surface area contributed by atoms with Gasteiger partial charge in [0.25, 0.3) is 0 Å². The maximum absolute atomic E-state index is 12.7. The van der Waals surface area contributed by atoms with Crippen molar-refractivity contribution >= 4 is 5.78 Å². The first-order valence-electron chi connectivity index (χ1n) is 6.43. The fourth-order valence-electron chi connectivity index (χ4n) is 2.25. The van der Waals surface area contributed by atoms with E-state index in [-0.39, 0.29) is 18.1 Å². The van der Waals surface area contributed by atoms with Crippen LogP contribution in [0.5, 0.6) is 5.75 Å². The summed E-state index contributed by atoms with van der Waals surface area (Å²) >= 11 is 0. The maximum Gasteiger partial charge on any atom is 0.328 e. The van der Waals surface area contributed by atoms with Crippen molar-refractivity contribution in [2.45, 2.75) is 6.61 Å². The van der Waals surface area contributed by atoms with Crippen LogP contribution in [-0.2, 0) is 25.4 Å². The van der Waals surface area contributed by atoms with Crippen LogP contribution in [-0.4, -0.2) is 29.1 Å². The lowest BCUT2D eigenvalue weighted by atomic mass is 10.1. The minimum Gasteiger partial charge on any atom is -0.497 e. The minimum absolute atomic E-state index is 0.198. The summed E-state index contributed by atoms with van der Waals surface area (Å²) in [5.74, 6) is 0.454. The molecule has 1 aromatic heterocycles. The van der Waals surface area contributed by atoms with Gasteiger partial charge in [-0.3, -0.25) is 13.9 Å². The summed E-state index contributed by atoms with van der Waals surface area (Å²) in [4.78, 5) is 24.7. The molecular formula is C15H18N2O4. The second-order valence-corrected chi connectivity index (χ2v) is 4.69. The zero-order valence-electron chi connectivity index (χ0n) is 12.5. The predicted octanol–water partition coefficient (Wildman–Crippen LogP) is 1.11. The van der Waals surface area contributed by atoms with Crippen LogP contribution in [0.1, 0.15) is 21.7 Å². The minimum atomic E-state index is -0.251. The lowest BCUT2D eigenvalue weighted by Crippen LogP contribution is -2.21. The van der Waals surface area contributed by atoms with Gasteiger partial charge in [0.2, 0.25) is 5.78 Å². The Hall–Kier alpha value is -2.34. The summed E-state index contributed by atoms with van der Waals surface area (Å²) in [7, 11) is 6.30. The molecule has 1 aromatic carbocycles. The van der Waals surface area contributed by atoms with Crippen LogP contribution < -0.4 is 10.4 Å². The average Bonchev–Trinajstić information content (AvgIpc) is 2.72. The molecule has 0 N–H and O–H groups in total. The standard InChI is InChI=1S/C15H18N2O4/c1-16-12(9-20-3)13(17(2)15(16)19)14(18)10-5-7-11(21-4)8-6-10/h5-8H,9H2,1-4H3. The summed E-state index contributed by atoms with van der Waals surface area (Å²) in [5.41, 5.74) is 1.15. The highest BCUT2D eigenvalue weighted by Crippen LogP contribution is 2.17. The van der Waals surface area contributed by atoms with Gasteiger partial charge in [-0.25, -0.2) is 4.79 Å². The maximum atomic E-state index is 12.7. The summed E-state index contributed by atoms with van der Waals surface area (Å²) in [6, 6.07) is 6.78. The normalized spacial score (nSPS) is 10.7. The molecule has 112 valence electrons. The lowest BCUT2D eigenvalue weighted by Gasteiger charge is -2.07. The molecule has 0 radical (unpaired) electrons. The molecule has 0 amide bonds. The molecule has 0 aliphatic rings. The number of carbonyl (C=O) groups is 1. The van der Waals surface area contributed by atoms with Gasteiger partial charge in [0, 0.05) is 26.8 Å². The molecule has 1 heterocycles. The highest BCUT2D eigenvalue weighted by molar-refractivity contribution is 6.08. The molecule has 0 saturated heterocycles. The van der Waals surface area contributed by atoms with Crippen LogP contribution in [0, 0.1) is 0 Å². The van der Waals surface area contributed by atoms with Gasteiger partial charge in [-0.05, 0) is 24.3 Å². The van der Waals surface area contributed by atoms with E-state index < -0.39 is 0 Å². The first kappa shape index (κ1) is 15.1. The Morgan fingerprint density at radius 1 is 1.10 bits per heavy atom. The van der Waals surface area contributed by atoms with Gasteiger partial charge in [0.15, 0.2) is 0 Å². The van der Waals surface area contributed by atoms with Gasteiger partial charge in [0.05, 0.1) is 19.4 Å². The smallest absolute Gasteiger partial charge is 0.328 e. The van der Waals surface area contributed by atoms with E-state index in [1.165, 1.54) is 16.2 Å². The third-order valence-electron chi connectivity index (χ3n) is 3.44. The molecule has 2 aromatic rings. The Morgan fingerprint density at radius 3 is 2.24 bits per heavy atom. The predicted molar refractivity (Wildman–Crippen MR) is 77.8 cm³/mol. The fourth-order valence-corrected chi connectivity index (χ4v) is 2.25. The van der Waals surface area contributed by atoms with Crippen molar-refractivity contribution in [3.63, 3.8) is 0 Å². The SMILES string of the molecule is COCc1c(C(=O)c2ccc(OC)cc2)n(C)c(=O)n1C. The van der Waals surface area contributed by atoms with E-state index in [4.69, 9.17) is 9.47 Å². The zero-order valence-corrected chi connectivity index (χ0v) is 12.5. The Balaban J connectivity index is 2.51. The van der Waals surface area contributed by atoms with E-state index in [9.17, 15) is 9.59 Å². The Kier molecular flexibility index (Phi) is 4.28.